The van der Waals surface area contributed by atoms with Crippen LogP contribution in [0.25, 0.3) is 0 Å². The lowest BCUT2D eigenvalue weighted by molar-refractivity contribution is -0.132. The topological polar surface area (TPSA) is 34.1 Å². The van der Waals surface area contributed by atoms with Crippen molar-refractivity contribution < 1.29 is 9.59 Å². The molecule has 58 valence electrons. The van der Waals surface area contributed by atoms with Crippen LogP contribution in [0.3, 0.4) is 0 Å². The van der Waals surface area contributed by atoms with Gasteiger partial charge in [0.25, 0.3) is 0 Å². The zero-order valence-corrected chi connectivity index (χ0v) is 6.46. The van der Waals surface area contributed by atoms with Gasteiger partial charge >= 0.3 is 0 Å². The minimum atomic E-state index is -0.553. The molecule has 0 saturated carbocycles. The number of allylic oxidation sites excluding steroid dienone is 4. The zero-order chi connectivity index (χ0) is 8.85. The predicted octanol–water partition coefficient (Wildman–Crippen LogP) is 1.44. The fourth-order valence-corrected chi connectivity index (χ4v) is 0.486. The second kappa shape index (κ2) is 4.39. The summed E-state index contributed by atoms with van der Waals surface area (Å²) in [6, 6.07) is 0. The molecular weight excluding hydrogens is 140 g/mol. The highest BCUT2D eigenvalue weighted by Crippen LogP contribution is 1.95. The molecule has 0 aromatic heterocycles. The predicted molar refractivity (Wildman–Crippen MR) is 44.2 cm³/mol. The summed E-state index contributed by atoms with van der Waals surface area (Å²) < 4.78 is 0. The summed E-state index contributed by atoms with van der Waals surface area (Å²) in [5, 5.41) is 0. The molecule has 0 aliphatic rings. The van der Waals surface area contributed by atoms with Crippen LogP contribution in [0.2, 0.25) is 0 Å². The second-order valence-corrected chi connectivity index (χ2v) is 2.01. The van der Waals surface area contributed by atoms with Crippen molar-refractivity contribution in [1.29, 1.82) is 0 Å². The fourth-order valence-electron chi connectivity index (χ4n) is 0.486. The van der Waals surface area contributed by atoms with Crippen molar-refractivity contribution in [3.63, 3.8) is 0 Å². The first-order valence-electron chi connectivity index (χ1n) is 3.13. The molecule has 0 amide bonds. The van der Waals surface area contributed by atoms with E-state index in [4.69, 9.17) is 0 Å². The molecule has 0 rings (SSSR count). The van der Waals surface area contributed by atoms with Crippen molar-refractivity contribution in [2.45, 2.75) is 6.92 Å². The van der Waals surface area contributed by atoms with Crippen molar-refractivity contribution in [2.24, 2.45) is 0 Å². The summed E-state index contributed by atoms with van der Waals surface area (Å²) in [7, 11) is 0. The van der Waals surface area contributed by atoms with Crippen LogP contribution in [-0.4, -0.2) is 11.6 Å². The van der Waals surface area contributed by atoms with Gasteiger partial charge in [0, 0.05) is 12.5 Å². The van der Waals surface area contributed by atoms with E-state index in [9.17, 15) is 9.59 Å². The number of carbonyl (C=O) groups is 2. The van der Waals surface area contributed by atoms with E-state index in [2.05, 4.69) is 13.2 Å². The molecule has 0 aromatic rings. The Bertz CT molecular complexity index is 234. The largest absolute Gasteiger partial charge is 0.291 e. The molecule has 0 fully saturated rings. The van der Waals surface area contributed by atoms with E-state index < -0.39 is 11.6 Å². The van der Waals surface area contributed by atoms with Gasteiger partial charge in [-0.2, -0.15) is 0 Å². The van der Waals surface area contributed by atoms with Gasteiger partial charge in [-0.3, -0.25) is 9.59 Å². The molecular formula is C9H10O2. The average Bonchev–Trinajstić information content (AvgIpc) is 1.98. The van der Waals surface area contributed by atoms with Crippen LogP contribution in [0.4, 0.5) is 0 Å². The lowest BCUT2D eigenvalue weighted by Crippen LogP contribution is -2.09. The maximum absolute atomic E-state index is 10.8. The summed E-state index contributed by atoms with van der Waals surface area (Å²) in [4.78, 5) is 21.3. The summed E-state index contributed by atoms with van der Waals surface area (Å²) in [6.07, 6.45) is 4.53. The zero-order valence-electron chi connectivity index (χ0n) is 6.46. The van der Waals surface area contributed by atoms with E-state index in [0.29, 0.717) is 0 Å². The maximum atomic E-state index is 10.8. The molecule has 0 atom stereocenters. The number of carbonyl (C=O) groups excluding carboxylic acids is 2. The molecule has 0 aromatic carbocycles. The standard InChI is InChI=1S/C9H10O2/c1-4-5-6-7(2)9(11)8(3)10/h4-6H,1-2H2,3H3/b6-5-. The van der Waals surface area contributed by atoms with Gasteiger partial charge in [0.2, 0.25) is 5.78 Å². The van der Waals surface area contributed by atoms with E-state index in [-0.39, 0.29) is 5.57 Å². The Morgan fingerprint density at radius 2 is 1.91 bits per heavy atom. The summed E-state index contributed by atoms with van der Waals surface area (Å²) in [6.45, 7) is 8.04. The number of Topliss-reactive ketones (excluding diaryl/α,β-unsaturated/α-hetero) is 2. The minimum Gasteiger partial charge on any atom is -0.291 e. The van der Waals surface area contributed by atoms with Gasteiger partial charge in [-0.1, -0.05) is 31.4 Å². The first-order valence-corrected chi connectivity index (χ1v) is 3.13. The molecule has 0 radical (unpaired) electrons. The van der Waals surface area contributed by atoms with Crippen molar-refractivity contribution in [3.8, 4) is 0 Å². The van der Waals surface area contributed by atoms with Crippen LogP contribution < -0.4 is 0 Å². The molecule has 0 N–H and O–H groups in total. The van der Waals surface area contributed by atoms with Crippen LogP contribution in [0.5, 0.6) is 0 Å². The Kier molecular flexibility index (Phi) is 3.81. The molecule has 0 saturated heterocycles. The Balaban J connectivity index is 4.26. The van der Waals surface area contributed by atoms with Crippen LogP contribution in [0, 0.1) is 0 Å². The first-order chi connectivity index (χ1) is 5.09. The van der Waals surface area contributed by atoms with E-state index in [1.54, 1.807) is 6.08 Å². The molecule has 2 heteroatoms. The normalized spacial score (nSPS) is 9.55. The van der Waals surface area contributed by atoms with Crippen LogP contribution in [0.1, 0.15) is 6.92 Å². The van der Waals surface area contributed by atoms with E-state index in [1.807, 2.05) is 0 Å². The SMILES string of the molecule is C=C/C=C\C(=C)C(=O)C(C)=O. The van der Waals surface area contributed by atoms with Gasteiger partial charge in [0.15, 0.2) is 5.78 Å². The molecule has 11 heavy (non-hydrogen) atoms. The quantitative estimate of drug-likeness (QED) is 0.345. The Hall–Kier alpha value is -1.44. The maximum Gasteiger partial charge on any atom is 0.227 e. The number of rotatable bonds is 4. The van der Waals surface area contributed by atoms with Crippen LogP contribution in [-0.2, 0) is 9.59 Å². The summed E-state index contributed by atoms with van der Waals surface area (Å²) >= 11 is 0. The van der Waals surface area contributed by atoms with E-state index in [1.165, 1.54) is 19.1 Å². The van der Waals surface area contributed by atoms with Gasteiger partial charge < -0.3 is 0 Å². The number of hydrogen-bond acceptors (Lipinski definition) is 2. The highest BCUT2D eigenvalue weighted by molar-refractivity contribution is 6.43. The average molecular weight is 150 g/mol. The Morgan fingerprint density at radius 3 is 2.27 bits per heavy atom. The molecule has 0 unspecified atom stereocenters. The number of hydrogen-bond donors (Lipinski definition) is 0. The van der Waals surface area contributed by atoms with Crippen molar-refractivity contribution in [3.05, 3.63) is 37.0 Å². The van der Waals surface area contributed by atoms with Gasteiger partial charge in [0.05, 0.1) is 0 Å². The van der Waals surface area contributed by atoms with Gasteiger partial charge in [-0.15, -0.1) is 0 Å². The van der Waals surface area contributed by atoms with E-state index >= 15 is 0 Å². The van der Waals surface area contributed by atoms with Crippen LogP contribution in [0.15, 0.2) is 37.0 Å². The smallest absolute Gasteiger partial charge is 0.227 e. The highest BCUT2D eigenvalue weighted by Gasteiger charge is 2.08. The molecule has 0 aliphatic carbocycles. The van der Waals surface area contributed by atoms with Crippen molar-refractivity contribution >= 4 is 11.6 Å². The van der Waals surface area contributed by atoms with Crippen LogP contribution >= 0.6 is 0 Å². The highest BCUT2D eigenvalue weighted by atomic mass is 16.2. The van der Waals surface area contributed by atoms with Gasteiger partial charge in [0.1, 0.15) is 0 Å². The summed E-state index contributed by atoms with van der Waals surface area (Å²) in [5.74, 6) is -1.05. The first kappa shape index (κ1) is 9.56. The summed E-state index contributed by atoms with van der Waals surface area (Å²) in [5.41, 5.74) is 0.192. The third-order valence-electron chi connectivity index (χ3n) is 1.04. The van der Waals surface area contributed by atoms with Gasteiger partial charge in [-0.25, -0.2) is 0 Å². The Morgan fingerprint density at radius 1 is 1.36 bits per heavy atom. The minimum absolute atomic E-state index is 0.192. The molecule has 2 nitrogen and oxygen atoms in total. The monoisotopic (exact) mass is 150 g/mol. The molecule has 0 heterocycles. The third-order valence-corrected chi connectivity index (χ3v) is 1.04. The fraction of sp³-hybridized carbons (Fsp3) is 0.111. The lowest BCUT2D eigenvalue weighted by Gasteiger charge is -1.91. The Labute approximate surface area is 65.9 Å². The van der Waals surface area contributed by atoms with Crippen molar-refractivity contribution in [1.82, 2.24) is 0 Å². The second-order valence-electron chi connectivity index (χ2n) is 2.01. The lowest BCUT2D eigenvalue weighted by atomic mass is 10.1. The molecule has 0 aliphatic heterocycles. The number of ketones is 2. The van der Waals surface area contributed by atoms with Gasteiger partial charge in [-0.05, 0) is 0 Å². The van der Waals surface area contributed by atoms with Crippen molar-refractivity contribution in [2.75, 3.05) is 0 Å². The third kappa shape index (κ3) is 3.30. The molecule has 0 spiro atoms. The van der Waals surface area contributed by atoms with E-state index in [0.717, 1.165) is 0 Å². The molecule has 0 bridgehead atoms.